The van der Waals surface area contributed by atoms with Crippen molar-refractivity contribution >= 4 is 44.5 Å². The summed E-state index contributed by atoms with van der Waals surface area (Å²) in [6.45, 7) is 0. The van der Waals surface area contributed by atoms with Crippen LogP contribution in [0.1, 0.15) is 15.9 Å². The molecule has 5 heteroatoms. The van der Waals surface area contributed by atoms with Gasteiger partial charge in [0.1, 0.15) is 5.01 Å². The van der Waals surface area contributed by atoms with Gasteiger partial charge in [0.05, 0.1) is 21.3 Å². The van der Waals surface area contributed by atoms with Gasteiger partial charge in [-0.25, -0.2) is 4.98 Å². The first-order valence-electron chi connectivity index (χ1n) is 5.09. The van der Waals surface area contributed by atoms with Crippen molar-refractivity contribution in [3.63, 3.8) is 0 Å². The van der Waals surface area contributed by atoms with Crippen LogP contribution >= 0.6 is 34.3 Å². The van der Waals surface area contributed by atoms with E-state index in [2.05, 4.69) is 4.98 Å². The van der Waals surface area contributed by atoms with Gasteiger partial charge in [0.15, 0.2) is 0 Å². The van der Waals surface area contributed by atoms with Gasteiger partial charge in [-0.2, -0.15) is 0 Å². The maximum Gasteiger partial charge on any atom is 0.116 e. The quantitative estimate of drug-likeness (QED) is 0.769. The molecule has 1 unspecified atom stereocenters. The third kappa shape index (κ3) is 1.98. The summed E-state index contributed by atoms with van der Waals surface area (Å²) < 4.78 is 1.01. The summed E-state index contributed by atoms with van der Waals surface area (Å²) in [5.74, 6) is 0. The fourth-order valence-corrected chi connectivity index (χ4v) is 3.74. The van der Waals surface area contributed by atoms with Crippen molar-refractivity contribution in [2.75, 3.05) is 0 Å². The van der Waals surface area contributed by atoms with Gasteiger partial charge in [0.2, 0.25) is 0 Å². The molecule has 2 nitrogen and oxygen atoms in total. The highest BCUT2D eigenvalue weighted by molar-refractivity contribution is 7.19. The smallest absolute Gasteiger partial charge is 0.116 e. The highest BCUT2D eigenvalue weighted by Gasteiger charge is 2.15. The Bertz CT molecular complexity index is 646. The van der Waals surface area contributed by atoms with Crippen molar-refractivity contribution in [1.82, 2.24) is 4.98 Å². The minimum atomic E-state index is -0.150. The Morgan fingerprint density at radius 3 is 2.82 bits per heavy atom. The first kappa shape index (κ1) is 11.2. The Morgan fingerprint density at radius 2 is 2.12 bits per heavy atom. The minimum Gasteiger partial charge on any atom is -0.318 e. The zero-order valence-electron chi connectivity index (χ0n) is 8.76. The molecule has 17 heavy (non-hydrogen) atoms. The van der Waals surface area contributed by atoms with Gasteiger partial charge in [-0.15, -0.1) is 22.7 Å². The predicted molar refractivity (Wildman–Crippen MR) is 75.0 cm³/mol. The molecule has 0 aliphatic carbocycles. The molecule has 2 heterocycles. The number of halogens is 1. The third-order valence-electron chi connectivity index (χ3n) is 2.50. The minimum absolute atomic E-state index is 0.150. The molecule has 0 aliphatic rings. The lowest BCUT2D eigenvalue weighted by molar-refractivity contribution is 0.883. The lowest BCUT2D eigenvalue weighted by Crippen LogP contribution is -2.09. The van der Waals surface area contributed by atoms with E-state index in [9.17, 15) is 0 Å². The molecule has 3 aromatic rings. The number of thiophene rings is 1. The van der Waals surface area contributed by atoms with Crippen LogP contribution in [0.4, 0.5) is 0 Å². The Morgan fingerprint density at radius 1 is 1.24 bits per heavy atom. The van der Waals surface area contributed by atoms with Crippen LogP contribution < -0.4 is 5.73 Å². The number of benzene rings is 1. The summed E-state index contributed by atoms with van der Waals surface area (Å²) in [5, 5.41) is 3.68. The summed E-state index contributed by atoms with van der Waals surface area (Å²) in [5.41, 5.74) is 7.11. The molecule has 0 radical (unpaired) electrons. The molecule has 0 saturated carbocycles. The van der Waals surface area contributed by atoms with Gasteiger partial charge in [-0.05, 0) is 23.6 Å². The van der Waals surface area contributed by atoms with Crippen LogP contribution in [0.15, 0.2) is 35.7 Å². The van der Waals surface area contributed by atoms with Crippen molar-refractivity contribution in [2.24, 2.45) is 5.73 Å². The predicted octanol–water partition coefficient (Wildman–Crippen LogP) is 4.06. The molecule has 86 valence electrons. The normalized spacial score (nSPS) is 13.1. The lowest BCUT2D eigenvalue weighted by atomic mass is 10.3. The Labute approximate surface area is 112 Å². The first-order valence-corrected chi connectivity index (χ1v) is 7.17. The Kier molecular flexibility index (Phi) is 2.88. The molecule has 0 fully saturated rings. The second-order valence-electron chi connectivity index (χ2n) is 3.63. The zero-order chi connectivity index (χ0) is 11.8. The molecule has 1 aromatic carbocycles. The van der Waals surface area contributed by atoms with Crippen molar-refractivity contribution in [3.8, 4) is 0 Å². The molecule has 1 atom stereocenters. The summed E-state index contributed by atoms with van der Waals surface area (Å²) in [7, 11) is 0. The molecule has 2 N–H and O–H groups in total. The fraction of sp³-hybridized carbons (Fsp3) is 0.0833. The van der Waals surface area contributed by atoms with Crippen molar-refractivity contribution < 1.29 is 0 Å². The van der Waals surface area contributed by atoms with Crippen LogP contribution in [0.5, 0.6) is 0 Å². The molecule has 0 spiro atoms. The maximum absolute atomic E-state index is 6.19. The van der Waals surface area contributed by atoms with Gasteiger partial charge >= 0.3 is 0 Å². The average Bonchev–Trinajstić information content (AvgIpc) is 2.98. The number of rotatable bonds is 2. The fourth-order valence-electron chi connectivity index (χ4n) is 1.66. The SMILES string of the molecule is NC(c1cccs1)c1nc2cccc(Cl)c2s1. The second-order valence-corrected chi connectivity index (χ2v) is 6.05. The number of hydrogen-bond donors (Lipinski definition) is 1. The van der Waals surface area contributed by atoms with Crippen LogP contribution in [-0.4, -0.2) is 4.98 Å². The van der Waals surface area contributed by atoms with Gasteiger partial charge in [-0.3, -0.25) is 0 Å². The number of nitrogens with zero attached hydrogens (tertiary/aromatic N) is 1. The van der Waals surface area contributed by atoms with Gasteiger partial charge in [0, 0.05) is 4.88 Å². The van der Waals surface area contributed by atoms with E-state index in [4.69, 9.17) is 17.3 Å². The number of thiazole rings is 1. The van der Waals surface area contributed by atoms with E-state index >= 15 is 0 Å². The summed E-state index contributed by atoms with van der Waals surface area (Å²) >= 11 is 9.35. The van der Waals surface area contributed by atoms with Crippen molar-refractivity contribution in [2.45, 2.75) is 6.04 Å². The van der Waals surface area contributed by atoms with E-state index in [1.165, 1.54) is 0 Å². The molecule has 0 saturated heterocycles. The average molecular weight is 281 g/mol. The van der Waals surface area contributed by atoms with Gasteiger partial charge < -0.3 is 5.73 Å². The zero-order valence-corrected chi connectivity index (χ0v) is 11.1. The summed E-state index contributed by atoms with van der Waals surface area (Å²) in [4.78, 5) is 5.67. The topological polar surface area (TPSA) is 38.9 Å². The molecule has 3 rings (SSSR count). The molecule has 0 amide bonds. The first-order chi connectivity index (χ1) is 8.25. The Hall–Kier alpha value is -0.940. The summed E-state index contributed by atoms with van der Waals surface area (Å²) in [6, 6.07) is 9.63. The number of nitrogens with two attached hydrogens (primary N) is 1. The van der Waals surface area contributed by atoms with E-state index < -0.39 is 0 Å². The molecular weight excluding hydrogens is 272 g/mol. The highest BCUT2D eigenvalue weighted by atomic mass is 35.5. The van der Waals surface area contributed by atoms with Crippen LogP contribution in [0, 0.1) is 0 Å². The van der Waals surface area contributed by atoms with Crippen LogP contribution in [0.3, 0.4) is 0 Å². The Balaban J connectivity index is 2.10. The molecule has 0 aliphatic heterocycles. The molecule has 2 aromatic heterocycles. The second kappa shape index (κ2) is 4.38. The number of fused-ring (bicyclic) bond motifs is 1. The maximum atomic E-state index is 6.19. The standard InChI is InChI=1S/C12H9ClN2S2/c13-7-3-1-4-8-11(7)17-12(15-8)10(14)9-5-2-6-16-9/h1-6,10H,14H2. The molecular formula is C12H9ClN2S2. The monoisotopic (exact) mass is 280 g/mol. The largest absolute Gasteiger partial charge is 0.318 e. The van der Waals surface area contributed by atoms with Gasteiger partial charge in [-0.1, -0.05) is 23.7 Å². The third-order valence-corrected chi connectivity index (χ3v) is 5.07. The van der Waals surface area contributed by atoms with E-state index in [0.717, 1.165) is 25.1 Å². The number of hydrogen-bond acceptors (Lipinski definition) is 4. The molecule has 0 bridgehead atoms. The highest BCUT2D eigenvalue weighted by Crippen LogP contribution is 2.34. The van der Waals surface area contributed by atoms with Crippen molar-refractivity contribution in [3.05, 3.63) is 50.6 Å². The van der Waals surface area contributed by atoms with Crippen molar-refractivity contribution in [1.29, 1.82) is 0 Å². The van der Waals surface area contributed by atoms with E-state index in [1.54, 1.807) is 22.7 Å². The van der Waals surface area contributed by atoms with Crippen LogP contribution in [-0.2, 0) is 0 Å². The van der Waals surface area contributed by atoms with E-state index in [-0.39, 0.29) is 6.04 Å². The summed E-state index contributed by atoms with van der Waals surface area (Å²) in [6.07, 6.45) is 0. The van der Waals surface area contributed by atoms with Crippen LogP contribution in [0.2, 0.25) is 5.02 Å². The van der Waals surface area contributed by atoms with Gasteiger partial charge in [0.25, 0.3) is 0 Å². The van der Waals surface area contributed by atoms with Crippen LogP contribution in [0.25, 0.3) is 10.2 Å². The van der Waals surface area contributed by atoms with E-state index in [1.807, 2.05) is 35.7 Å². The number of aromatic nitrogens is 1. The lowest BCUT2D eigenvalue weighted by Gasteiger charge is -2.03. The van der Waals surface area contributed by atoms with E-state index in [0.29, 0.717) is 0 Å².